The van der Waals surface area contributed by atoms with Crippen LogP contribution < -0.4 is 15.9 Å². The van der Waals surface area contributed by atoms with Crippen LogP contribution in [0.15, 0.2) is 17.1 Å². The molecule has 0 fully saturated rings. The zero-order valence-corrected chi connectivity index (χ0v) is 5.09. The minimum atomic E-state index is -0.154. The van der Waals surface area contributed by atoms with Crippen molar-refractivity contribution in [1.29, 1.82) is 0 Å². The summed E-state index contributed by atoms with van der Waals surface area (Å²) in [5, 5.41) is 2.83. The highest BCUT2D eigenvalue weighted by atomic mass is 16.1. The average Bonchev–Trinajstić information content (AvgIpc) is 2.36. The number of aromatic nitrogens is 1. The van der Waals surface area contributed by atoms with Crippen LogP contribution >= 0.6 is 0 Å². The van der Waals surface area contributed by atoms with Gasteiger partial charge in [-0.2, -0.15) is 0 Å². The maximum atomic E-state index is 10.9. The first-order valence-electron chi connectivity index (χ1n) is 2.89. The zero-order valence-electron chi connectivity index (χ0n) is 5.09. The van der Waals surface area contributed by atoms with E-state index < -0.39 is 0 Å². The second-order valence-electron chi connectivity index (χ2n) is 1.97. The Balaban J connectivity index is 2.79. The van der Waals surface area contributed by atoms with Crippen LogP contribution in [-0.2, 0) is 0 Å². The van der Waals surface area contributed by atoms with Gasteiger partial charge in [0.25, 0.3) is 12.0 Å². The molecule has 1 aliphatic heterocycles. The van der Waals surface area contributed by atoms with Gasteiger partial charge in [-0.1, -0.05) is 0 Å². The van der Waals surface area contributed by atoms with Crippen LogP contribution in [0.3, 0.4) is 0 Å². The molecule has 4 nitrogen and oxygen atoms in total. The predicted octanol–water partition coefficient (Wildman–Crippen LogP) is -0.204. The maximum absolute atomic E-state index is 10.9. The lowest BCUT2D eigenvalue weighted by molar-refractivity contribution is 1.21. The highest BCUT2D eigenvalue weighted by Gasteiger charge is 2.18. The van der Waals surface area contributed by atoms with E-state index in [1.54, 1.807) is 12.3 Å². The quantitative estimate of drug-likeness (QED) is 0.517. The third-order valence-electron chi connectivity index (χ3n) is 1.35. The summed E-state index contributed by atoms with van der Waals surface area (Å²) < 4.78 is 0. The number of nitrogens with zero attached hydrogens (tertiary/aromatic N) is 1. The Morgan fingerprint density at radius 1 is 1.50 bits per heavy atom. The van der Waals surface area contributed by atoms with Crippen molar-refractivity contribution in [3.8, 4) is 0 Å². The van der Waals surface area contributed by atoms with E-state index in [-0.39, 0.29) is 5.56 Å². The van der Waals surface area contributed by atoms with Gasteiger partial charge in [0, 0.05) is 12.3 Å². The molecule has 1 radical (unpaired) electrons. The third kappa shape index (κ3) is 0.556. The molecular weight excluding hydrogens is 130 g/mol. The number of aliphatic imine (C=N–C) groups is 1. The normalized spacial score (nSPS) is 12.8. The van der Waals surface area contributed by atoms with Crippen molar-refractivity contribution in [3.05, 3.63) is 22.6 Å². The number of nitrogens with one attached hydrogen (secondary N) is 2. The summed E-state index contributed by atoms with van der Waals surface area (Å²) in [6.07, 6.45) is 3.09. The van der Waals surface area contributed by atoms with Gasteiger partial charge in [-0.15, -0.1) is 0 Å². The molecule has 0 atom stereocenters. The average molecular weight is 135 g/mol. The Labute approximate surface area is 56.6 Å². The fraction of sp³-hybridized carbons (Fsp3) is 0. The van der Waals surface area contributed by atoms with E-state index in [0.717, 1.165) is 5.69 Å². The van der Waals surface area contributed by atoms with Crippen LogP contribution in [0.4, 0.5) is 11.4 Å². The Kier molecular flexibility index (Phi) is 0.887. The van der Waals surface area contributed by atoms with Crippen molar-refractivity contribution in [2.45, 2.75) is 0 Å². The highest BCUT2D eigenvalue weighted by molar-refractivity contribution is 5.88. The standard InChI is InChI=1S/C6H5N3O/c10-6-5-4(1-2-7-6)8-3-9-5/h1-3,8H,(H,7,10)/q+1. The number of hydrogen-bond acceptors (Lipinski definition) is 3. The predicted molar refractivity (Wildman–Crippen MR) is 38.5 cm³/mol. The van der Waals surface area contributed by atoms with Gasteiger partial charge in [0.2, 0.25) is 0 Å². The van der Waals surface area contributed by atoms with Crippen LogP contribution in [0.1, 0.15) is 0 Å². The minimum absolute atomic E-state index is 0.154. The van der Waals surface area contributed by atoms with Gasteiger partial charge in [0.1, 0.15) is 0 Å². The molecular formula is C6H5N3O+. The van der Waals surface area contributed by atoms with E-state index in [9.17, 15) is 4.79 Å². The minimum Gasteiger partial charge on any atom is -0.325 e. The molecule has 2 N–H and O–H groups in total. The lowest BCUT2D eigenvalue weighted by Crippen LogP contribution is -2.05. The molecule has 0 aliphatic carbocycles. The van der Waals surface area contributed by atoms with Crippen molar-refractivity contribution in [2.75, 3.05) is 5.32 Å². The number of aromatic amines is 1. The molecule has 0 saturated heterocycles. The van der Waals surface area contributed by atoms with Gasteiger partial charge < -0.3 is 4.98 Å². The molecule has 0 amide bonds. The summed E-state index contributed by atoms with van der Waals surface area (Å²) in [6, 6.07) is 1.77. The fourth-order valence-corrected chi connectivity index (χ4v) is 0.881. The molecule has 4 heteroatoms. The van der Waals surface area contributed by atoms with E-state index in [0.29, 0.717) is 5.69 Å². The van der Waals surface area contributed by atoms with Gasteiger partial charge in [-0.3, -0.25) is 4.79 Å². The van der Waals surface area contributed by atoms with Crippen molar-refractivity contribution in [2.24, 2.45) is 0 Å². The molecule has 0 aromatic carbocycles. The Morgan fingerprint density at radius 2 is 2.40 bits per heavy atom. The van der Waals surface area contributed by atoms with E-state index in [4.69, 9.17) is 0 Å². The molecule has 10 heavy (non-hydrogen) atoms. The smallest absolute Gasteiger partial charge is 0.304 e. The largest absolute Gasteiger partial charge is 0.325 e. The fourth-order valence-electron chi connectivity index (χ4n) is 0.881. The second-order valence-corrected chi connectivity index (χ2v) is 1.97. The van der Waals surface area contributed by atoms with Crippen LogP contribution in [0.25, 0.3) is 0 Å². The first-order valence-corrected chi connectivity index (χ1v) is 2.89. The summed E-state index contributed by atoms with van der Waals surface area (Å²) in [5.41, 5.74) is 1.07. The van der Waals surface area contributed by atoms with E-state index in [2.05, 4.69) is 15.3 Å². The van der Waals surface area contributed by atoms with Crippen molar-refractivity contribution in [1.82, 2.24) is 9.98 Å². The van der Waals surface area contributed by atoms with E-state index in [1.807, 2.05) is 0 Å². The number of hydrogen-bond donors (Lipinski definition) is 2. The van der Waals surface area contributed by atoms with Gasteiger partial charge in [-0.25, -0.2) is 5.32 Å². The molecule has 49 valence electrons. The van der Waals surface area contributed by atoms with Crippen LogP contribution in [0, 0.1) is 0 Å². The van der Waals surface area contributed by atoms with E-state index in [1.165, 1.54) is 6.34 Å². The number of fused-ring (bicyclic) bond motifs is 1. The molecule has 1 aromatic heterocycles. The zero-order chi connectivity index (χ0) is 6.97. The first kappa shape index (κ1) is 5.22. The van der Waals surface area contributed by atoms with Gasteiger partial charge in [-0.05, 0) is 4.99 Å². The number of anilines is 1. The van der Waals surface area contributed by atoms with Gasteiger partial charge in [0.15, 0.2) is 5.69 Å². The second kappa shape index (κ2) is 1.70. The monoisotopic (exact) mass is 135 g/mol. The summed E-state index contributed by atoms with van der Waals surface area (Å²) in [5.74, 6) is 0. The molecule has 1 aliphatic rings. The molecule has 0 bridgehead atoms. The summed E-state index contributed by atoms with van der Waals surface area (Å²) in [6.45, 7) is 0. The summed E-state index contributed by atoms with van der Waals surface area (Å²) in [4.78, 5) is 17.2. The maximum Gasteiger partial charge on any atom is 0.304 e. The van der Waals surface area contributed by atoms with Crippen molar-refractivity contribution < 1.29 is 0 Å². The molecule has 1 aromatic rings. The number of rotatable bonds is 0. The SMILES string of the molecule is O=c1[nH]ccc2c1[N+]=CN2. The molecule has 2 heterocycles. The third-order valence-corrected chi connectivity index (χ3v) is 1.35. The summed E-state index contributed by atoms with van der Waals surface area (Å²) in [7, 11) is 0. The Bertz CT molecular complexity index is 339. The number of H-pyrrole nitrogens is 1. The van der Waals surface area contributed by atoms with Crippen molar-refractivity contribution >= 4 is 17.7 Å². The molecule has 0 saturated carbocycles. The molecule has 0 unspecified atom stereocenters. The summed E-state index contributed by atoms with van der Waals surface area (Å²) >= 11 is 0. The lowest BCUT2D eigenvalue weighted by Gasteiger charge is -1.84. The van der Waals surface area contributed by atoms with Crippen LogP contribution in [-0.4, -0.2) is 11.3 Å². The lowest BCUT2D eigenvalue weighted by atomic mass is 10.4. The Morgan fingerprint density at radius 3 is 3.20 bits per heavy atom. The molecule has 2 rings (SSSR count). The highest BCUT2D eigenvalue weighted by Crippen LogP contribution is 2.15. The van der Waals surface area contributed by atoms with Crippen molar-refractivity contribution in [3.63, 3.8) is 0 Å². The topological polar surface area (TPSA) is 59.0 Å². The van der Waals surface area contributed by atoms with Gasteiger partial charge in [0.05, 0.1) is 0 Å². The first-order chi connectivity index (χ1) is 4.88. The van der Waals surface area contributed by atoms with Gasteiger partial charge >= 0.3 is 5.56 Å². The van der Waals surface area contributed by atoms with Crippen LogP contribution in [0.2, 0.25) is 0 Å². The molecule has 0 spiro atoms. The number of pyridine rings is 1. The van der Waals surface area contributed by atoms with E-state index >= 15 is 0 Å². The Hall–Kier alpha value is -1.58. The van der Waals surface area contributed by atoms with Crippen LogP contribution in [0.5, 0.6) is 0 Å².